The normalized spacial score (nSPS) is 23.6. The van der Waals surface area contributed by atoms with E-state index < -0.39 is 0 Å². The van der Waals surface area contributed by atoms with Gasteiger partial charge in [-0.15, -0.1) is 0 Å². The van der Waals surface area contributed by atoms with Gasteiger partial charge in [0.05, 0.1) is 0 Å². The maximum absolute atomic E-state index is 3.65. The molecule has 0 amide bonds. The smallest absolute Gasteiger partial charge is 0.0244 e. The van der Waals surface area contributed by atoms with Crippen LogP contribution in [-0.4, -0.2) is 37.1 Å². The van der Waals surface area contributed by atoms with E-state index in [2.05, 4.69) is 37.9 Å². The number of hydrogen-bond donors (Lipinski definition) is 1. The molecule has 0 saturated carbocycles. The van der Waals surface area contributed by atoms with Crippen LogP contribution in [0.1, 0.15) is 53.4 Å². The van der Waals surface area contributed by atoms with Gasteiger partial charge in [0.1, 0.15) is 0 Å². The summed E-state index contributed by atoms with van der Waals surface area (Å²) in [5, 5.41) is 3.65. The Labute approximate surface area is 102 Å². The van der Waals surface area contributed by atoms with Gasteiger partial charge in [-0.2, -0.15) is 0 Å². The van der Waals surface area contributed by atoms with E-state index in [4.69, 9.17) is 0 Å². The topological polar surface area (TPSA) is 15.3 Å². The number of nitrogens with zero attached hydrogens (tertiary/aromatic N) is 1. The molecule has 1 unspecified atom stereocenters. The Bertz CT molecular complexity index is 184. The van der Waals surface area contributed by atoms with Gasteiger partial charge in [-0.25, -0.2) is 0 Å². The summed E-state index contributed by atoms with van der Waals surface area (Å²) in [6.07, 6.45) is 5.52. The Morgan fingerprint density at radius 1 is 1.19 bits per heavy atom. The molecule has 0 spiro atoms. The maximum atomic E-state index is 3.65. The van der Waals surface area contributed by atoms with Crippen molar-refractivity contribution in [1.82, 2.24) is 10.2 Å². The summed E-state index contributed by atoms with van der Waals surface area (Å²) >= 11 is 0. The maximum Gasteiger partial charge on any atom is 0.0244 e. The Hall–Kier alpha value is -0.0800. The molecule has 16 heavy (non-hydrogen) atoms. The lowest BCUT2D eigenvalue weighted by atomic mass is 9.85. The zero-order chi connectivity index (χ0) is 12.0. The van der Waals surface area contributed by atoms with Gasteiger partial charge in [0.15, 0.2) is 0 Å². The van der Waals surface area contributed by atoms with Crippen LogP contribution in [0.25, 0.3) is 0 Å². The minimum Gasteiger partial charge on any atom is -0.311 e. The van der Waals surface area contributed by atoms with Gasteiger partial charge in [0, 0.05) is 25.7 Å². The highest BCUT2D eigenvalue weighted by Gasteiger charge is 2.28. The number of nitrogens with one attached hydrogen (secondary N) is 1. The third-order valence-electron chi connectivity index (χ3n) is 3.63. The predicted octanol–water partition coefficient (Wildman–Crippen LogP) is 2.89. The van der Waals surface area contributed by atoms with Gasteiger partial charge >= 0.3 is 0 Å². The van der Waals surface area contributed by atoms with E-state index in [9.17, 15) is 0 Å². The van der Waals surface area contributed by atoms with Crippen molar-refractivity contribution in [3.63, 3.8) is 0 Å². The summed E-state index contributed by atoms with van der Waals surface area (Å²) in [6, 6.07) is 0.660. The van der Waals surface area contributed by atoms with Crippen molar-refractivity contribution < 1.29 is 0 Å². The van der Waals surface area contributed by atoms with E-state index in [0.717, 1.165) is 6.54 Å². The van der Waals surface area contributed by atoms with Crippen molar-refractivity contribution in [3.05, 3.63) is 0 Å². The van der Waals surface area contributed by atoms with Crippen LogP contribution in [0, 0.1) is 5.41 Å². The number of piperazine rings is 1. The van der Waals surface area contributed by atoms with Crippen LogP contribution in [0.4, 0.5) is 0 Å². The zero-order valence-electron chi connectivity index (χ0n) is 11.7. The molecule has 1 aliphatic heterocycles. The zero-order valence-corrected chi connectivity index (χ0v) is 11.7. The highest BCUT2D eigenvalue weighted by Crippen LogP contribution is 2.21. The summed E-state index contributed by atoms with van der Waals surface area (Å²) in [7, 11) is 0. The molecule has 1 N–H and O–H groups in total. The molecule has 0 aromatic heterocycles. The molecular weight excluding hydrogens is 196 g/mol. The minimum absolute atomic E-state index is 0.391. The SMILES string of the molecule is CCCCCCN1CCNC(C(C)(C)C)C1. The van der Waals surface area contributed by atoms with E-state index >= 15 is 0 Å². The molecule has 2 nitrogen and oxygen atoms in total. The lowest BCUT2D eigenvalue weighted by Crippen LogP contribution is -2.55. The van der Waals surface area contributed by atoms with E-state index in [1.54, 1.807) is 0 Å². The minimum atomic E-state index is 0.391. The summed E-state index contributed by atoms with van der Waals surface area (Å²) in [6.45, 7) is 14.2. The van der Waals surface area contributed by atoms with Crippen molar-refractivity contribution in [3.8, 4) is 0 Å². The summed E-state index contributed by atoms with van der Waals surface area (Å²) in [5.74, 6) is 0. The second-order valence-electron chi connectivity index (χ2n) is 6.23. The van der Waals surface area contributed by atoms with E-state index in [-0.39, 0.29) is 0 Å². The first kappa shape index (κ1) is 14.0. The molecular formula is C14H30N2. The van der Waals surface area contributed by atoms with Gasteiger partial charge < -0.3 is 10.2 Å². The second-order valence-corrected chi connectivity index (χ2v) is 6.23. The summed E-state index contributed by atoms with van der Waals surface area (Å²) < 4.78 is 0. The van der Waals surface area contributed by atoms with Gasteiger partial charge in [0.2, 0.25) is 0 Å². The fourth-order valence-electron chi connectivity index (χ4n) is 2.36. The van der Waals surface area contributed by atoms with Crippen LogP contribution in [0.5, 0.6) is 0 Å². The van der Waals surface area contributed by atoms with Crippen LogP contribution < -0.4 is 5.32 Å². The Balaban J connectivity index is 2.23. The fraction of sp³-hybridized carbons (Fsp3) is 1.00. The molecule has 96 valence electrons. The second kappa shape index (κ2) is 6.61. The van der Waals surface area contributed by atoms with Gasteiger partial charge in [0.25, 0.3) is 0 Å². The average molecular weight is 226 g/mol. The summed E-state index contributed by atoms with van der Waals surface area (Å²) in [5.41, 5.74) is 0.391. The first-order valence-corrected chi connectivity index (χ1v) is 6.99. The first-order valence-electron chi connectivity index (χ1n) is 6.99. The lowest BCUT2D eigenvalue weighted by Gasteiger charge is -2.40. The highest BCUT2D eigenvalue weighted by molar-refractivity contribution is 4.87. The lowest BCUT2D eigenvalue weighted by molar-refractivity contribution is 0.132. The number of unbranched alkanes of at least 4 members (excludes halogenated alkanes) is 3. The molecule has 0 bridgehead atoms. The molecule has 1 aliphatic rings. The van der Waals surface area contributed by atoms with Crippen LogP contribution in [0.2, 0.25) is 0 Å². The van der Waals surface area contributed by atoms with Crippen LogP contribution in [0.3, 0.4) is 0 Å². The van der Waals surface area contributed by atoms with Gasteiger partial charge in [-0.05, 0) is 18.4 Å². The van der Waals surface area contributed by atoms with Gasteiger partial charge in [-0.3, -0.25) is 0 Å². The predicted molar refractivity (Wildman–Crippen MR) is 71.8 cm³/mol. The number of rotatable bonds is 5. The molecule has 1 rings (SSSR count). The van der Waals surface area contributed by atoms with Crippen molar-refractivity contribution in [2.45, 2.75) is 59.4 Å². The largest absolute Gasteiger partial charge is 0.311 e. The third-order valence-corrected chi connectivity index (χ3v) is 3.63. The average Bonchev–Trinajstić information content (AvgIpc) is 2.24. The molecule has 0 radical (unpaired) electrons. The molecule has 0 aliphatic carbocycles. The Kier molecular flexibility index (Phi) is 5.77. The van der Waals surface area contributed by atoms with E-state index in [0.29, 0.717) is 11.5 Å². The van der Waals surface area contributed by atoms with Crippen molar-refractivity contribution in [1.29, 1.82) is 0 Å². The van der Waals surface area contributed by atoms with Crippen LogP contribution >= 0.6 is 0 Å². The Morgan fingerprint density at radius 2 is 1.94 bits per heavy atom. The van der Waals surface area contributed by atoms with Crippen molar-refractivity contribution in [2.75, 3.05) is 26.2 Å². The van der Waals surface area contributed by atoms with Crippen molar-refractivity contribution in [2.24, 2.45) is 5.41 Å². The quantitative estimate of drug-likeness (QED) is 0.725. The molecule has 1 fully saturated rings. The fourth-order valence-corrected chi connectivity index (χ4v) is 2.36. The molecule has 0 aromatic carbocycles. The summed E-state index contributed by atoms with van der Waals surface area (Å²) in [4.78, 5) is 2.64. The van der Waals surface area contributed by atoms with Crippen molar-refractivity contribution >= 4 is 0 Å². The highest BCUT2D eigenvalue weighted by atomic mass is 15.2. The van der Waals surface area contributed by atoms with E-state index in [1.165, 1.54) is 45.3 Å². The molecule has 2 heteroatoms. The van der Waals surface area contributed by atoms with Crippen LogP contribution in [-0.2, 0) is 0 Å². The molecule has 1 heterocycles. The third kappa shape index (κ3) is 4.84. The molecule has 1 saturated heterocycles. The van der Waals surface area contributed by atoms with E-state index in [1.807, 2.05) is 0 Å². The first-order chi connectivity index (χ1) is 7.54. The van der Waals surface area contributed by atoms with Crippen LogP contribution in [0.15, 0.2) is 0 Å². The standard InChI is InChI=1S/C14H30N2/c1-5-6-7-8-10-16-11-9-15-13(12-16)14(2,3)4/h13,15H,5-12H2,1-4H3. The molecule has 1 atom stereocenters. The monoisotopic (exact) mass is 226 g/mol. The molecule has 0 aromatic rings. The Morgan fingerprint density at radius 3 is 2.56 bits per heavy atom. The number of hydrogen-bond acceptors (Lipinski definition) is 2. The van der Waals surface area contributed by atoms with Gasteiger partial charge in [-0.1, -0.05) is 47.0 Å².